The largest absolute Gasteiger partial charge is 0.207 e. The lowest BCUT2D eigenvalue weighted by atomic mass is 9.90. The number of hydrogen-bond donors (Lipinski definition) is 0. The predicted molar refractivity (Wildman–Crippen MR) is 90.2 cm³/mol. The van der Waals surface area contributed by atoms with Gasteiger partial charge in [0.15, 0.2) is 0 Å². The molecular formula is C21H16F2. The van der Waals surface area contributed by atoms with Crippen LogP contribution in [0.5, 0.6) is 0 Å². The Kier molecular flexibility index (Phi) is 4.62. The van der Waals surface area contributed by atoms with Crippen molar-refractivity contribution in [3.05, 3.63) is 114 Å². The van der Waals surface area contributed by atoms with Gasteiger partial charge in [0.05, 0.1) is 0 Å². The van der Waals surface area contributed by atoms with Crippen LogP contribution >= 0.6 is 0 Å². The van der Waals surface area contributed by atoms with Gasteiger partial charge in [0.2, 0.25) is 0 Å². The van der Waals surface area contributed by atoms with Crippen LogP contribution in [0, 0.1) is 5.82 Å². The van der Waals surface area contributed by atoms with E-state index in [0.717, 1.165) is 11.1 Å². The molecule has 0 saturated heterocycles. The minimum Gasteiger partial charge on any atom is -0.207 e. The molecule has 0 bridgehead atoms. The van der Waals surface area contributed by atoms with Crippen LogP contribution < -0.4 is 0 Å². The first-order valence-electron chi connectivity index (χ1n) is 7.47. The Morgan fingerprint density at radius 1 is 0.696 bits per heavy atom. The Hall–Kier alpha value is -2.74. The summed E-state index contributed by atoms with van der Waals surface area (Å²) in [7, 11) is 0. The quantitative estimate of drug-likeness (QED) is 0.557. The number of benzene rings is 3. The van der Waals surface area contributed by atoms with E-state index in [-0.39, 0.29) is 17.6 Å². The number of halogens is 2. The first kappa shape index (κ1) is 15.2. The van der Waals surface area contributed by atoms with Gasteiger partial charge in [-0.3, -0.25) is 0 Å². The van der Waals surface area contributed by atoms with Crippen molar-refractivity contribution in [2.45, 2.75) is 5.92 Å². The van der Waals surface area contributed by atoms with E-state index in [1.165, 1.54) is 24.3 Å². The molecule has 0 amide bonds. The van der Waals surface area contributed by atoms with E-state index in [2.05, 4.69) is 0 Å². The van der Waals surface area contributed by atoms with Crippen molar-refractivity contribution in [2.24, 2.45) is 0 Å². The second kappa shape index (κ2) is 7.01. The molecular weight excluding hydrogens is 290 g/mol. The highest BCUT2D eigenvalue weighted by atomic mass is 19.1. The topological polar surface area (TPSA) is 0 Å². The van der Waals surface area contributed by atoms with Gasteiger partial charge in [-0.25, -0.2) is 8.78 Å². The van der Waals surface area contributed by atoms with Crippen molar-refractivity contribution in [1.29, 1.82) is 0 Å². The lowest BCUT2D eigenvalue weighted by molar-refractivity contribution is 0.627. The van der Waals surface area contributed by atoms with Crippen molar-refractivity contribution in [2.75, 3.05) is 0 Å². The maximum absolute atomic E-state index is 14.6. The van der Waals surface area contributed by atoms with Gasteiger partial charge in [-0.15, -0.1) is 0 Å². The fraction of sp³-hybridized carbons (Fsp3) is 0.0476. The zero-order valence-electron chi connectivity index (χ0n) is 12.5. The normalized spacial score (nSPS) is 11.7. The van der Waals surface area contributed by atoms with E-state index in [1.807, 2.05) is 60.7 Å². The Morgan fingerprint density at radius 3 is 1.65 bits per heavy atom. The first-order valence-corrected chi connectivity index (χ1v) is 7.47. The Morgan fingerprint density at radius 2 is 1.17 bits per heavy atom. The van der Waals surface area contributed by atoms with E-state index in [0.29, 0.717) is 5.56 Å². The SMILES string of the molecule is F/C(=C/C(c1ccccc1)c1ccccc1)c1ccc(F)cc1. The average molecular weight is 306 g/mol. The predicted octanol–water partition coefficient (Wildman–Crippen LogP) is 5.97. The van der Waals surface area contributed by atoms with Crippen molar-refractivity contribution in [1.82, 2.24) is 0 Å². The summed E-state index contributed by atoms with van der Waals surface area (Å²) in [4.78, 5) is 0. The lowest BCUT2D eigenvalue weighted by Crippen LogP contribution is -1.98. The molecule has 114 valence electrons. The van der Waals surface area contributed by atoms with Crippen LogP contribution in [0.4, 0.5) is 8.78 Å². The monoisotopic (exact) mass is 306 g/mol. The third kappa shape index (κ3) is 3.72. The summed E-state index contributed by atoms with van der Waals surface area (Å²) >= 11 is 0. The van der Waals surface area contributed by atoms with E-state index >= 15 is 0 Å². The molecule has 2 heteroatoms. The molecule has 3 aromatic carbocycles. The number of hydrogen-bond acceptors (Lipinski definition) is 0. The lowest BCUT2D eigenvalue weighted by Gasteiger charge is -2.14. The molecule has 0 nitrogen and oxygen atoms in total. The van der Waals surface area contributed by atoms with E-state index in [1.54, 1.807) is 6.08 Å². The number of rotatable bonds is 4. The Labute approximate surface area is 134 Å². The summed E-state index contributed by atoms with van der Waals surface area (Å²) in [5, 5.41) is 0. The van der Waals surface area contributed by atoms with Crippen LogP contribution in [-0.4, -0.2) is 0 Å². The third-order valence-electron chi connectivity index (χ3n) is 3.75. The van der Waals surface area contributed by atoms with Gasteiger partial charge in [0.25, 0.3) is 0 Å². The molecule has 0 aliphatic rings. The second-order valence-corrected chi connectivity index (χ2v) is 5.32. The van der Waals surface area contributed by atoms with Gasteiger partial charge >= 0.3 is 0 Å². The smallest absolute Gasteiger partial charge is 0.127 e. The molecule has 23 heavy (non-hydrogen) atoms. The summed E-state index contributed by atoms with van der Waals surface area (Å²) in [6.45, 7) is 0. The zero-order chi connectivity index (χ0) is 16.1. The van der Waals surface area contributed by atoms with Gasteiger partial charge in [0.1, 0.15) is 11.6 Å². The minimum absolute atomic E-state index is 0.192. The maximum atomic E-state index is 14.6. The van der Waals surface area contributed by atoms with E-state index in [9.17, 15) is 8.78 Å². The molecule has 0 radical (unpaired) electrons. The van der Waals surface area contributed by atoms with Crippen LogP contribution in [0.2, 0.25) is 0 Å². The molecule has 0 unspecified atom stereocenters. The van der Waals surface area contributed by atoms with Crippen molar-refractivity contribution in [3.8, 4) is 0 Å². The van der Waals surface area contributed by atoms with Crippen LogP contribution in [0.3, 0.4) is 0 Å². The van der Waals surface area contributed by atoms with Crippen LogP contribution in [0.15, 0.2) is 91.0 Å². The molecule has 0 aliphatic carbocycles. The summed E-state index contributed by atoms with van der Waals surface area (Å²) < 4.78 is 27.6. The van der Waals surface area contributed by atoms with Gasteiger partial charge < -0.3 is 0 Å². The summed E-state index contributed by atoms with van der Waals surface area (Å²) in [5.74, 6) is -0.922. The molecule has 0 N–H and O–H groups in total. The standard InChI is InChI=1S/C21H16F2/c22-19-13-11-18(12-14-19)21(23)15-20(16-7-3-1-4-8-16)17-9-5-2-6-10-17/h1-15,20H/b21-15+. The highest BCUT2D eigenvalue weighted by Gasteiger charge is 2.13. The van der Waals surface area contributed by atoms with Gasteiger partial charge in [0, 0.05) is 11.5 Å². The molecule has 0 saturated carbocycles. The molecule has 0 fully saturated rings. The molecule has 0 aliphatic heterocycles. The highest BCUT2D eigenvalue weighted by molar-refractivity contribution is 5.61. The van der Waals surface area contributed by atoms with Crippen LogP contribution in [0.25, 0.3) is 5.83 Å². The first-order chi connectivity index (χ1) is 11.2. The van der Waals surface area contributed by atoms with Gasteiger partial charge in [-0.1, -0.05) is 60.7 Å². The Bertz CT molecular complexity index is 736. The average Bonchev–Trinajstić information content (AvgIpc) is 2.61. The summed E-state index contributed by atoms with van der Waals surface area (Å²) in [6, 6.07) is 25.0. The Balaban J connectivity index is 2.02. The van der Waals surface area contributed by atoms with Gasteiger partial charge in [-0.05, 0) is 41.5 Å². The second-order valence-electron chi connectivity index (χ2n) is 5.32. The van der Waals surface area contributed by atoms with Gasteiger partial charge in [-0.2, -0.15) is 0 Å². The molecule has 0 aromatic heterocycles. The molecule has 0 heterocycles. The van der Waals surface area contributed by atoms with Crippen LogP contribution in [-0.2, 0) is 0 Å². The van der Waals surface area contributed by atoms with E-state index < -0.39 is 0 Å². The molecule has 3 aromatic rings. The fourth-order valence-corrected chi connectivity index (χ4v) is 2.56. The fourth-order valence-electron chi connectivity index (χ4n) is 2.56. The number of allylic oxidation sites excluding steroid dienone is 1. The maximum Gasteiger partial charge on any atom is 0.127 e. The molecule has 0 atom stereocenters. The summed E-state index contributed by atoms with van der Waals surface area (Å²) in [5.41, 5.74) is 2.40. The third-order valence-corrected chi connectivity index (χ3v) is 3.75. The van der Waals surface area contributed by atoms with Crippen LogP contribution in [0.1, 0.15) is 22.6 Å². The van der Waals surface area contributed by atoms with Crippen molar-refractivity contribution in [3.63, 3.8) is 0 Å². The van der Waals surface area contributed by atoms with E-state index in [4.69, 9.17) is 0 Å². The van der Waals surface area contributed by atoms with Crippen molar-refractivity contribution < 1.29 is 8.78 Å². The minimum atomic E-state index is -0.371. The van der Waals surface area contributed by atoms with Crippen molar-refractivity contribution >= 4 is 5.83 Å². The summed E-state index contributed by atoms with van der Waals surface area (Å²) in [6.07, 6.45) is 1.58. The zero-order valence-corrected chi connectivity index (χ0v) is 12.5. The highest BCUT2D eigenvalue weighted by Crippen LogP contribution is 2.30. The molecule has 0 spiro atoms. The molecule has 3 rings (SSSR count).